The number of hydrogen-bond acceptors (Lipinski definition) is 2. The van der Waals surface area contributed by atoms with Crippen LogP contribution in [-0.4, -0.2) is 16.1 Å². The lowest BCUT2D eigenvalue weighted by atomic mass is 10.0. The maximum absolute atomic E-state index is 12.9. The molecule has 3 heteroatoms. The number of benzene rings is 1. The lowest BCUT2D eigenvalue weighted by Gasteiger charge is -2.06. The van der Waals surface area contributed by atoms with Gasteiger partial charge in [-0.2, -0.15) is 0 Å². The highest BCUT2D eigenvalue weighted by Gasteiger charge is 2.04. The maximum atomic E-state index is 12.9. The predicted octanol–water partition coefficient (Wildman–Crippen LogP) is 7.12. The van der Waals surface area contributed by atoms with Crippen LogP contribution in [0.4, 0.5) is 4.39 Å². The minimum atomic E-state index is -0.732. The number of rotatable bonds is 13. The fraction of sp³-hybridized carbons (Fsp3) is 0.583. The van der Waals surface area contributed by atoms with Crippen LogP contribution in [0.25, 0.3) is 11.4 Å². The molecule has 148 valence electrons. The number of aromatic nitrogens is 2. The lowest BCUT2D eigenvalue weighted by molar-refractivity contribution is 0.334. The van der Waals surface area contributed by atoms with E-state index in [9.17, 15) is 4.39 Å². The first kappa shape index (κ1) is 21.5. The second kappa shape index (κ2) is 12.6. The van der Waals surface area contributed by atoms with E-state index in [1.54, 1.807) is 6.92 Å². The van der Waals surface area contributed by atoms with Crippen LogP contribution < -0.4 is 0 Å². The van der Waals surface area contributed by atoms with E-state index in [-0.39, 0.29) is 0 Å². The lowest BCUT2D eigenvalue weighted by Crippen LogP contribution is -1.96. The van der Waals surface area contributed by atoms with E-state index in [0.717, 1.165) is 36.2 Å². The third kappa shape index (κ3) is 8.64. The SMILES string of the molecule is CCCCCCCCCc1ccc(-c2ncc(CCCC(C)F)cn2)cc1. The average Bonchev–Trinajstić information content (AvgIpc) is 2.68. The summed E-state index contributed by atoms with van der Waals surface area (Å²) in [7, 11) is 0. The van der Waals surface area contributed by atoms with Gasteiger partial charge in [-0.05, 0) is 50.2 Å². The minimum absolute atomic E-state index is 0.599. The summed E-state index contributed by atoms with van der Waals surface area (Å²) in [4.78, 5) is 8.96. The molecule has 27 heavy (non-hydrogen) atoms. The second-order valence-corrected chi connectivity index (χ2v) is 7.66. The zero-order chi connectivity index (χ0) is 19.3. The Hall–Kier alpha value is -1.77. The monoisotopic (exact) mass is 370 g/mol. The molecule has 1 aromatic carbocycles. The summed E-state index contributed by atoms with van der Waals surface area (Å²) in [5, 5.41) is 0. The van der Waals surface area contributed by atoms with Crippen molar-refractivity contribution in [3.8, 4) is 11.4 Å². The molecule has 0 fully saturated rings. The van der Waals surface area contributed by atoms with Gasteiger partial charge in [-0.25, -0.2) is 14.4 Å². The molecule has 1 heterocycles. The molecule has 0 saturated carbocycles. The Balaban J connectivity index is 1.74. The van der Waals surface area contributed by atoms with E-state index in [1.165, 1.54) is 50.5 Å². The van der Waals surface area contributed by atoms with Crippen molar-refractivity contribution in [1.82, 2.24) is 9.97 Å². The molecule has 0 spiro atoms. The molecule has 1 unspecified atom stereocenters. The molecule has 0 aliphatic carbocycles. The molecule has 2 rings (SSSR count). The van der Waals surface area contributed by atoms with E-state index in [1.807, 2.05) is 12.4 Å². The Morgan fingerprint density at radius 2 is 1.37 bits per heavy atom. The molecule has 2 nitrogen and oxygen atoms in total. The van der Waals surface area contributed by atoms with Crippen LogP contribution in [0.5, 0.6) is 0 Å². The molecular formula is C24H35FN2. The largest absolute Gasteiger partial charge is 0.248 e. The number of nitrogens with zero attached hydrogens (tertiary/aromatic N) is 2. The zero-order valence-corrected chi connectivity index (χ0v) is 17.1. The van der Waals surface area contributed by atoms with Crippen molar-refractivity contribution < 1.29 is 4.39 Å². The summed E-state index contributed by atoms with van der Waals surface area (Å²) in [6.45, 7) is 3.87. The summed E-state index contributed by atoms with van der Waals surface area (Å²) in [6.07, 6.45) is 15.9. The van der Waals surface area contributed by atoms with Crippen LogP contribution in [0.1, 0.15) is 82.8 Å². The smallest absolute Gasteiger partial charge is 0.159 e. The third-order valence-corrected chi connectivity index (χ3v) is 5.05. The Morgan fingerprint density at radius 1 is 0.778 bits per heavy atom. The van der Waals surface area contributed by atoms with Crippen LogP contribution in [0.2, 0.25) is 0 Å². The van der Waals surface area contributed by atoms with Gasteiger partial charge in [-0.15, -0.1) is 0 Å². The molecule has 0 N–H and O–H groups in total. The fourth-order valence-electron chi connectivity index (χ4n) is 3.33. The van der Waals surface area contributed by atoms with Gasteiger partial charge in [0.05, 0.1) is 6.17 Å². The third-order valence-electron chi connectivity index (χ3n) is 5.05. The highest BCUT2D eigenvalue weighted by Crippen LogP contribution is 2.18. The van der Waals surface area contributed by atoms with Gasteiger partial charge in [0, 0.05) is 18.0 Å². The van der Waals surface area contributed by atoms with E-state index in [0.29, 0.717) is 6.42 Å². The van der Waals surface area contributed by atoms with Gasteiger partial charge in [-0.3, -0.25) is 0 Å². The van der Waals surface area contributed by atoms with Crippen molar-refractivity contribution in [3.63, 3.8) is 0 Å². The molecule has 0 saturated heterocycles. The first-order valence-corrected chi connectivity index (χ1v) is 10.7. The summed E-state index contributed by atoms with van der Waals surface area (Å²) in [5.74, 6) is 0.764. The second-order valence-electron chi connectivity index (χ2n) is 7.66. The van der Waals surface area contributed by atoms with Crippen LogP contribution in [-0.2, 0) is 12.8 Å². The standard InChI is InChI=1S/C24H35FN2/c1-3-4-5-6-7-8-9-12-21-14-16-23(17-15-21)24-26-18-22(19-27-24)13-10-11-20(2)25/h14-20H,3-13H2,1-2H3. The normalized spacial score (nSPS) is 12.3. The minimum Gasteiger partial charge on any atom is -0.248 e. The van der Waals surface area contributed by atoms with Crippen molar-refractivity contribution in [1.29, 1.82) is 0 Å². The summed E-state index contributed by atoms with van der Waals surface area (Å²) >= 11 is 0. The van der Waals surface area contributed by atoms with Crippen LogP contribution in [0, 0.1) is 0 Å². The van der Waals surface area contributed by atoms with Gasteiger partial charge in [-0.1, -0.05) is 69.7 Å². The topological polar surface area (TPSA) is 25.8 Å². The van der Waals surface area contributed by atoms with E-state index < -0.39 is 6.17 Å². The molecule has 0 bridgehead atoms. The molecular weight excluding hydrogens is 335 g/mol. The Morgan fingerprint density at radius 3 is 2.00 bits per heavy atom. The van der Waals surface area contributed by atoms with Crippen molar-refractivity contribution in [2.24, 2.45) is 0 Å². The molecule has 0 radical (unpaired) electrons. The van der Waals surface area contributed by atoms with Crippen LogP contribution in [0.15, 0.2) is 36.7 Å². The summed E-state index contributed by atoms with van der Waals surface area (Å²) < 4.78 is 12.9. The maximum Gasteiger partial charge on any atom is 0.159 e. The number of unbranched alkanes of at least 4 members (excludes halogenated alkanes) is 6. The molecule has 0 aliphatic rings. The Bertz CT molecular complexity index is 620. The van der Waals surface area contributed by atoms with Gasteiger partial charge in [0.15, 0.2) is 5.82 Å². The molecule has 0 aliphatic heterocycles. The number of alkyl halides is 1. The summed E-state index contributed by atoms with van der Waals surface area (Å²) in [6, 6.07) is 8.64. The zero-order valence-electron chi connectivity index (χ0n) is 17.1. The first-order chi connectivity index (χ1) is 13.2. The van der Waals surface area contributed by atoms with Crippen LogP contribution in [0.3, 0.4) is 0 Å². The van der Waals surface area contributed by atoms with Crippen molar-refractivity contribution in [2.75, 3.05) is 0 Å². The predicted molar refractivity (Wildman–Crippen MR) is 113 cm³/mol. The Kier molecular flexibility index (Phi) is 10.0. The highest BCUT2D eigenvalue weighted by molar-refractivity contribution is 5.55. The van der Waals surface area contributed by atoms with E-state index >= 15 is 0 Å². The molecule has 1 atom stereocenters. The van der Waals surface area contributed by atoms with Crippen molar-refractivity contribution in [2.45, 2.75) is 90.6 Å². The first-order valence-electron chi connectivity index (χ1n) is 10.7. The van der Waals surface area contributed by atoms with Gasteiger partial charge in [0.1, 0.15) is 0 Å². The molecule has 2 aromatic rings. The quantitative estimate of drug-likeness (QED) is 0.351. The van der Waals surface area contributed by atoms with Gasteiger partial charge in [0.2, 0.25) is 0 Å². The van der Waals surface area contributed by atoms with Crippen molar-refractivity contribution >= 4 is 0 Å². The van der Waals surface area contributed by atoms with Gasteiger partial charge < -0.3 is 0 Å². The van der Waals surface area contributed by atoms with Crippen LogP contribution >= 0.6 is 0 Å². The highest BCUT2D eigenvalue weighted by atomic mass is 19.1. The number of aryl methyl sites for hydroxylation is 2. The fourth-order valence-corrected chi connectivity index (χ4v) is 3.33. The average molecular weight is 371 g/mol. The molecule has 0 amide bonds. The van der Waals surface area contributed by atoms with E-state index in [2.05, 4.69) is 41.2 Å². The van der Waals surface area contributed by atoms with Gasteiger partial charge >= 0.3 is 0 Å². The van der Waals surface area contributed by atoms with Gasteiger partial charge in [0.25, 0.3) is 0 Å². The van der Waals surface area contributed by atoms with Crippen molar-refractivity contribution in [3.05, 3.63) is 47.8 Å². The Labute approximate surface area is 164 Å². The molecule has 1 aromatic heterocycles. The number of hydrogen-bond donors (Lipinski definition) is 0. The number of halogens is 1. The summed E-state index contributed by atoms with van der Waals surface area (Å²) in [5.41, 5.74) is 3.53. The van der Waals surface area contributed by atoms with E-state index in [4.69, 9.17) is 0 Å².